The summed E-state index contributed by atoms with van der Waals surface area (Å²) < 4.78 is 4.52. The van der Waals surface area contributed by atoms with Gasteiger partial charge in [-0.05, 0) is 5.56 Å². The van der Waals surface area contributed by atoms with E-state index in [4.69, 9.17) is 5.73 Å². The molecule has 3 nitrogen and oxygen atoms in total. The molecule has 0 unspecified atom stereocenters. The molecule has 0 amide bonds. The zero-order valence-electron chi connectivity index (χ0n) is 7.57. The average molecular weight is 195 g/mol. The van der Waals surface area contributed by atoms with Gasteiger partial charge in [0.15, 0.2) is 0 Å². The monoisotopic (exact) mass is 195 g/mol. The first-order valence-electron chi connectivity index (χ1n) is 4.11. The van der Waals surface area contributed by atoms with Crippen molar-refractivity contribution in [2.24, 2.45) is 5.73 Å². The van der Waals surface area contributed by atoms with Crippen molar-refractivity contribution in [2.45, 2.75) is 19.9 Å². The molecule has 0 heterocycles. The lowest BCUT2D eigenvalue weighted by Crippen LogP contribution is -2.16. The highest BCUT2D eigenvalue weighted by Gasteiger charge is 2.10. The maximum Gasteiger partial charge on any atom is 0.307 e. The molecule has 1 rings (SSSR count). The molecular weight excluding hydrogens is 178 g/mol. The topological polar surface area (TPSA) is 52.3 Å². The molecule has 14 heavy (non-hydrogen) atoms. The second-order valence-corrected chi connectivity index (χ2v) is 2.80. The van der Waals surface area contributed by atoms with E-state index in [0.717, 1.165) is 5.56 Å². The Morgan fingerprint density at radius 2 is 2.00 bits per heavy atom. The average Bonchev–Trinajstić information content (AvgIpc) is 2.19. The van der Waals surface area contributed by atoms with Gasteiger partial charge >= 0.3 is 5.97 Å². The maximum absolute atomic E-state index is 10.9. The first-order chi connectivity index (χ1) is 6.24. The number of nitrogens with two attached hydrogens (primary N) is 1. The second kappa shape index (κ2) is 6.16. The molecule has 0 saturated carbocycles. The predicted octanol–water partition coefficient (Wildman–Crippen LogP) is 1.89. The number of hydrogen-bond donors (Lipinski definition) is 1. The number of carbonyl (C=O) groups excluding carboxylic acids is 1. The van der Waals surface area contributed by atoms with Gasteiger partial charge in [0, 0.05) is 6.04 Å². The van der Waals surface area contributed by atoms with Crippen molar-refractivity contribution in [3.63, 3.8) is 0 Å². The smallest absolute Gasteiger partial charge is 0.307 e. The van der Waals surface area contributed by atoms with E-state index in [1.807, 2.05) is 30.3 Å². The highest BCUT2D eigenvalue weighted by molar-refractivity contribution is 5.70. The Morgan fingerprint density at radius 1 is 1.43 bits per heavy atom. The summed E-state index contributed by atoms with van der Waals surface area (Å²) in [4.78, 5) is 10.9. The number of benzene rings is 1. The summed E-state index contributed by atoms with van der Waals surface area (Å²) in [5, 5.41) is 0. The lowest BCUT2D eigenvalue weighted by atomic mass is 10.1. The summed E-state index contributed by atoms with van der Waals surface area (Å²) in [5.74, 6) is -0.281. The van der Waals surface area contributed by atoms with E-state index < -0.39 is 0 Å². The number of esters is 1. The van der Waals surface area contributed by atoms with Crippen LogP contribution in [0.3, 0.4) is 0 Å². The number of ether oxygens (including phenoxy) is 1. The fraction of sp³-hybridized carbons (Fsp3) is 0.364. The van der Waals surface area contributed by atoms with Crippen LogP contribution in [-0.2, 0) is 9.53 Å². The zero-order valence-corrected chi connectivity index (χ0v) is 7.57. The first kappa shape index (κ1) is 12.7. The van der Waals surface area contributed by atoms with Crippen molar-refractivity contribution in [1.82, 2.24) is 0 Å². The van der Waals surface area contributed by atoms with E-state index in [0.29, 0.717) is 0 Å². The van der Waals surface area contributed by atoms with Gasteiger partial charge in [-0.15, -0.1) is 0 Å². The minimum absolute atomic E-state index is 0. The molecule has 3 heteroatoms. The molecule has 1 aromatic carbocycles. The van der Waals surface area contributed by atoms with Crippen molar-refractivity contribution >= 4 is 5.97 Å². The lowest BCUT2D eigenvalue weighted by molar-refractivity contribution is -0.141. The van der Waals surface area contributed by atoms with Gasteiger partial charge in [-0.2, -0.15) is 0 Å². The van der Waals surface area contributed by atoms with Crippen LogP contribution in [0.2, 0.25) is 0 Å². The molecule has 2 N–H and O–H groups in total. The summed E-state index contributed by atoms with van der Waals surface area (Å²) >= 11 is 0. The number of rotatable bonds is 3. The Labute approximate surface area is 84.9 Å². The standard InChI is InChI=1S/C10H13NO2.CH4/c1-13-10(12)7-9(11)8-5-3-2-4-6-8;/h2-6,9H,7,11H2,1H3;1H4/t9-;/m0./s1. The van der Waals surface area contributed by atoms with Crippen LogP contribution in [0.15, 0.2) is 30.3 Å². The van der Waals surface area contributed by atoms with Gasteiger partial charge in [-0.25, -0.2) is 0 Å². The van der Waals surface area contributed by atoms with Gasteiger partial charge in [0.05, 0.1) is 13.5 Å². The minimum atomic E-state index is -0.281. The minimum Gasteiger partial charge on any atom is -0.469 e. The summed E-state index contributed by atoms with van der Waals surface area (Å²) in [6.07, 6.45) is 0.223. The molecule has 0 fully saturated rings. The molecule has 0 radical (unpaired) electrons. The van der Waals surface area contributed by atoms with Crippen LogP contribution in [0.25, 0.3) is 0 Å². The molecule has 1 atom stereocenters. The maximum atomic E-state index is 10.9. The van der Waals surface area contributed by atoms with Crippen LogP contribution in [0, 0.1) is 0 Å². The third kappa shape index (κ3) is 3.58. The zero-order chi connectivity index (χ0) is 9.68. The third-order valence-electron chi connectivity index (χ3n) is 1.84. The lowest BCUT2D eigenvalue weighted by Gasteiger charge is -2.09. The molecule has 0 aromatic heterocycles. The SMILES string of the molecule is C.COC(=O)C[C@H](N)c1ccccc1. The van der Waals surface area contributed by atoms with E-state index in [-0.39, 0.29) is 25.9 Å². The van der Waals surface area contributed by atoms with Gasteiger partial charge in [0.2, 0.25) is 0 Å². The van der Waals surface area contributed by atoms with Gasteiger partial charge < -0.3 is 10.5 Å². The number of methoxy groups -OCH3 is 1. The highest BCUT2D eigenvalue weighted by Crippen LogP contribution is 2.13. The fourth-order valence-corrected chi connectivity index (χ4v) is 1.08. The number of carbonyl (C=O) groups is 1. The Hall–Kier alpha value is -1.35. The van der Waals surface area contributed by atoms with E-state index in [9.17, 15) is 4.79 Å². The summed E-state index contributed by atoms with van der Waals surface area (Å²) in [6.45, 7) is 0. The van der Waals surface area contributed by atoms with Crippen molar-refractivity contribution in [3.8, 4) is 0 Å². The van der Waals surface area contributed by atoms with Crippen LogP contribution in [0.4, 0.5) is 0 Å². The predicted molar refractivity (Wildman–Crippen MR) is 56.7 cm³/mol. The third-order valence-corrected chi connectivity index (χ3v) is 1.84. The van der Waals surface area contributed by atoms with E-state index in [1.54, 1.807) is 0 Å². The van der Waals surface area contributed by atoms with Gasteiger partial charge in [-0.1, -0.05) is 37.8 Å². The molecule has 1 aromatic rings. The van der Waals surface area contributed by atoms with Crippen molar-refractivity contribution in [3.05, 3.63) is 35.9 Å². The Kier molecular flexibility index (Phi) is 5.56. The van der Waals surface area contributed by atoms with Crippen LogP contribution in [-0.4, -0.2) is 13.1 Å². The second-order valence-electron chi connectivity index (χ2n) is 2.80. The van der Waals surface area contributed by atoms with E-state index >= 15 is 0 Å². The summed E-state index contributed by atoms with van der Waals surface area (Å²) in [7, 11) is 1.36. The normalized spacial score (nSPS) is 11.3. The van der Waals surface area contributed by atoms with Crippen LogP contribution in [0.1, 0.15) is 25.5 Å². The quantitative estimate of drug-likeness (QED) is 0.749. The van der Waals surface area contributed by atoms with Crippen molar-refractivity contribution in [1.29, 1.82) is 0 Å². The molecule has 0 bridgehead atoms. The van der Waals surface area contributed by atoms with Gasteiger partial charge in [-0.3, -0.25) is 4.79 Å². The molecule has 78 valence electrons. The summed E-state index contributed by atoms with van der Waals surface area (Å²) in [6, 6.07) is 9.22. The van der Waals surface area contributed by atoms with E-state index in [2.05, 4.69) is 4.74 Å². The first-order valence-corrected chi connectivity index (χ1v) is 4.11. The molecule has 0 spiro atoms. The van der Waals surface area contributed by atoms with Crippen molar-refractivity contribution < 1.29 is 9.53 Å². The largest absolute Gasteiger partial charge is 0.469 e. The number of hydrogen-bond acceptors (Lipinski definition) is 3. The Bertz CT molecular complexity index is 272. The molecular formula is C11H17NO2. The van der Waals surface area contributed by atoms with Crippen LogP contribution >= 0.6 is 0 Å². The van der Waals surface area contributed by atoms with E-state index in [1.165, 1.54) is 7.11 Å². The molecule has 0 saturated heterocycles. The fourth-order valence-electron chi connectivity index (χ4n) is 1.08. The van der Waals surface area contributed by atoms with Gasteiger partial charge in [0.25, 0.3) is 0 Å². The Balaban J connectivity index is 0.00000169. The van der Waals surface area contributed by atoms with Crippen molar-refractivity contribution in [2.75, 3.05) is 7.11 Å². The summed E-state index contributed by atoms with van der Waals surface area (Å²) in [5.41, 5.74) is 6.72. The van der Waals surface area contributed by atoms with Gasteiger partial charge in [0.1, 0.15) is 0 Å². The molecule has 0 aliphatic rings. The molecule has 0 aliphatic heterocycles. The highest BCUT2D eigenvalue weighted by atomic mass is 16.5. The Morgan fingerprint density at radius 3 is 2.50 bits per heavy atom. The van der Waals surface area contributed by atoms with Crippen LogP contribution < -0.4 is 5.73 Å². The van der Waals surface area contributed by atoms with Crippen LogP contribution in [0.5, 0.6) is 0 Å². The molecule has 0 aliphatic carbocycles.